The fraction of sp³-hybridized carbons (Fsp3) is 0.207. The molecule has 0 radical (unpaired) electrons. The summed E-state index contributed by atoms with van der Waals surface area (Å²) in [6.07, 6.45) is 3.26. The van der Waals surface area contributed by atoms with Crippen LogP contribution in [-0.4, -0.2) is 33.8 Å². The highest BCUT2D eigenvalue weighted by molar-refractivity contribution is 6.06. The number of fused-ring (bicyclic) bond motifs is 1. The molecule has 0 unspecified atom stereocenters. The molecule has 7 nitrogen and oxygen atoms in total. The Morgan fingerprint density at radius 1 is 0.917 bits per heavy atom. The lowest BCUT2D eigenvalue weighted by Crippen LogP contribution is -2.09. The number of para-hydroxylation sites is 2. The highest BCUT2D eigenvalue weighted by atomic mass is 16.5. The zero-order chi connectivity index (χ0) is 25.7. The van der Waals surface area contributed by atoms with Crippen molar-refractivity contribution in [3.63, 3.8) is 0 Å². The van der Waals surface area contributed by atoms with Crippen LogP contribution in [0.3, 0.4) is 0 Å². The molecule has 0 spiro atoms. The van der Waals surface area contributed by atoms with Crippen molar-refractivity contribution in [3.8, 4) is 34.1 Å². The Balaban J connectivity index is 1.74. The lowest BCUT2D eigenvalue weighted by atomic mass is 9.99. The Hall–Kier alpha value is -4.39. The average Bonchev–Trinajstić information content (AvgIpc) is 3.31. The van der Waals surface area contributed by atoms with Crippen molar-refractivity contribution in [1.82, 2.24) is 0 Å². The van der Waals surface area contributed by atoms with Gasteiger partial charge in [-0.3, -0.25) is 4.79 Å². The van der Waals surface area contributed by atoms with Crippen molar-refractivity contribution in [2.75, 3.05) is 33.3 Å². The fourth-order valence-corrected chi connectivity index (χ4v) is 4.06. The Kier molecular flexibility index (Phi) is 7.49. The maximum atomic E-state index is 12.8. The van der Waals surface area contributed by atoms with Crippen molar-refractivity contribution < 1.29 is 28.2 Å². The maximum absolute atomic E-state index is 12.8. The summed E-state index contributed by atoms with van der Waals surface area (Å²) in [6.45, 7) is 4.27. The van der Waals surface area contributed by atoms with E-state index in [1.165, 1.54) is 0 Å². The standard InChI is InChI=1S/C29H29NO6/c1-6-35-26-16-27-21(22(17-36-27)19-11-12-25(33-4)28(14-19)34-5)15-20(26)18(2)13-29(31)30-23-9-7-8-10-24(23)32-3/h7-17H,6H2,1-5H3,(H,30,31)/b18-13+. The maximum Gasteiger partial charge on any atom is 0.248 e. The molecular formula is C29H29NO6. The molecule has 186 valence electrons. The lowest BCUT2D eigenvalue weighted by Gasteiger charge is -2.13. The van der Waals surface area contributed by atoms with Crippen LogP contribution in [0.15, 0.2) is 71.4 Å². The summed E-state index contributed by atoms with van der Waals surface area (Å²) in [5.41, 5.74) is 4.62. The number of furan rings is 1. The molecule has 0 atom stereocenters. The van der Waals surface area contributed by atoms with E-state index in [4.69, 9.17) is 23.4 Å². The van der Waals surface area contributed by atoms with E-state index in [9.17, 15) is 4.79 Å². The van der Waals surface area contributed by atoms with Crippen LogP contribution in [0.5, 0.6) is 23.0 Å². The van der Waals surface area contributed by atoms with E-state index in [-0.39, 0.29) is 5.91 Å². The first-order valence-electron chi connectivity index (χ1n) is 11.5. The van der Waals surface area contributed by atoms with Crippen molar-refractivity contribution in [3.05, 3.63) is 72.5 Å². The molecule has 1 amide bonds. The normalized spacial score (nSPS) is 11.3. The monoisotopic (exact) mass is 487 g/mol. The van der Waals surface area contributed by atoms with E-state index < -0.39 is 0 Å². The highest BCUT2D eigenvalue weighted by Crippen LogP contribution is 2.40. The van der Waals surface area contributed by atoms with Gasteiger partial charge in [-0.05, 0) is 55.3 Å². The van der Waals surface area contributed by atoms with Gasteiger partial charge in [-0.15, -0.1) is 0 Å². The van der Waals surface area contributed by atoms with Gasteiger partial charge in [0.1, 0.15) is 17.1 Å². The van der Waals surface area contributed by atoms with Crippen LogP contribution in [0.4, 0.5) is 5.69 Å². The first-order valence-corrected chi connectivity index (χ1v) is 11.5. The SMILES string of the molecule is CCOc1cc2occ(-c3ccc(OC)c(OC)c3)c2cc1/C(C)=C/C(=O)Nc1ccccc1OC. The van der Waals surface area contributed by atoms with E-state index >= 15 is 0 Å². The molecule has 0 aliphatic rings. The van der Waals surface area contributed by atoms with E-state index in [1.807, 2.05) is 56.3 Å². The molecule has 4 rings (SSSR count). The minimum atomic E-state index is -0.271. The van der Waals surface area contributed by atoms with Crippen molar-refractivity contribution in [2.45, 2.75) is 13.8 Å². The second kappa shape index (κ2) is 10.9. The Bertz CT molecular complexity index is 1420. The van der Waals surface area contributed by atoms with E-state index in [2.05, 4.69) is 5.32 Å². The minimum absolute atomic E-state index is 0.271. The summed E-state index contributed by atoms with van der Waals surface area (Å²) in [6, 6.07) is 16.8. The van der Waals surface area contributed by atoms with Gasteiger partial charge in [0.2, 0.25) is 5.91 Å². The summed E-state index contributed by atoms with van der Waals surface area (Å²) in [5.74, 6) is 2.22. The Labute approximate surface area is 210 Å². The quantitative estimate of drug-likeness (QED) is 0.269. The Morgan fingerprint density at radius 3 is 2.39 bits per heavy atom. The number of rotatable bonds is 9. The van der Waals surface area contributed by atoms with Gasteiger partial charge in [-0.2, -0.15) is 0 Å². The molecule has 1 N–H and O–H groups in total. The van der Waals surface area contributed by atoms with Gasteiger partial charge in [0.05, 0.1) is 39.9 Å². The van der Waals surface area contributed by atoms with Gasteiger partial charge < -0.3 is 28.7 Å². The van der Waals surface area contributed by atoms with E-state index in [1.54, 1.807) is 45.8 Å². The van der Waals surface area contributed by atoms with Crippen LogP contribution in [0.2, 0.25) is 0 Å². The highest BCUT2D eigenvalue weighted by Gasteiger charge is 2.17. The third-order valence-corrected chi connectivity index (χ3v) is 5.81. The molecule has 1 aromatic heterocycles. The van der Waals surface area contributed by atoms with Crippen LogP contribution in [0, 0.1) is 0 Å². The van der Waals surface area contributed by atoms with Crippen LogP contribution in [0.1, 0.15) is 19.4 Å². The molecule has 0 bridgehead atoms. The third kappa shape index (κ3) is 5.00. The number of hydrogen-bond acceptors (Lipinski definition) is 6. The topological polar surface area (TPSA) is 79.2 Å². The van der Waals surface area contributed by atoms with Gasteiger partial charge >= 0.3 is 0 Å². The van der Waals surface area contributed by atoms with E-state index in [0.717, 1.165) is 27.6 Å². The first kappa shape index (κ1) is 24.7. The molecular weight excluding hydrogens is 458 g/mol. The smallest absolute Gasteiger partial charge is 0.248 e. The molecule has 36 heavy (non-hydrogen) atoms. The molecule has 0 saturated heterocycles. The predicted octanol–water partition coefficient (Wildman–Crippen LogP) is 6.57. The molecule has 0 saturated carbocycles. The second-order valence-electron chi connectivity index (χ2n) is 8.01. The van der Waals surface area contributed by atoms with Crippen molar-refractivity contribution in [1.29, 1.82) is 0 Å². The predicted molar refractivity (Wildman–Crippen MR) is 141 cm³/mol. The van der Waals surface area contributed by atoms with Crippen LogP contribution >= 0.6 is 0 Å². The number of benzene rings is 3. The summed E-state index contributed by atoms with van der Waals surface area (Å²) in [7, 11) is 4.77. The first-order chi connectivity index (χ1) is 17.5. The second-order valence-corrected chi connectivity index (χ2v) is 8.01. The van der Waals surface area contributed by atoms with Crippen molar-refractivity contribution >= 4 is 28.1 Å². The van der Waals surface area contributed by atoms with Gasteiger partial charge in [0.15, 0.2) is 11.5 Å². The zero-order valence-corrected chi connectivity index (χ0v) is 21.0. The third-order valence-electron chi connectivity index (χ3n) is 5.81. The molecule has 1 heterocycles. The van der Waals surface area contributed by atoms with Gasteiger partial charge in [0.25, 0.3) is 0 Å². The zero-order valence-electron chi connectivity index (χ0n) is 21.0. The molecule has 0 aliphatic carbocycles. The number of allylic oxidation sites excluding steroid dienone is 1. The van der Waals surface area contributed by atoms with E-state index in [0.29, 0.717) is 40.9 Å². The van der Waals surface area contributed by atoms with Crippen LogP contribution < -0.4 is 24.3 Å². The largest absolute Gasteiger partial charge is 0.495 e. The van der Waals surface area contributed by atoms with Crippen LogP contribution in [0.25, 0.3) is 27.7 Å². The Morgan fingerprint density at radius 2 is 1.67 bits per heavy atom. The summed E-state index contributed by atoms with van der Waals surface area (Å²) in [5, 5.41) is 3.77. The molecule has 0 aliphatic heterocycles. The van der Waals surface area contributed by atoms with Crippen molar-refractivity contribution in [2.24, 2.45) is 0 Å². The van der Waals surface area contributed by atoms with Gasteiger partial charge in [-0.25, -0.2) is 0 Å². The average molecular weight is 488 g/mol. The van der Waals surface area contributed by atoms with Gasteiger partial charge in [0, 0.05) is 28.7 Å². The lowest BCUT2D eigenvalue weighted by molar-refractivity contribution is -0.111. The number of hydrogen-bond donors (Lipinski definition) is 1. The number of carbonyl (C=O) groups is 1. The fourth-order valence-electron chi connectivity index (χ4n) is 4.06. The molecule has 4 aromatic rings. The number of amides is 1. The summed E-state index contributed by atoms with van der Waals surface area (Å²) < 4.78 is 27.9. The molecule has 3 aromatic carbocycles. The number of anilines is 1. The number of nitrogens with one attached hydrogen (secondary N) is 1. The molecule has 0 fully saturated rings. The minimum Gasteiger partial charge on any atom is -0.495 e. The number of ether oxygens (including phenoxy) is 4. The summed E-state index contributed by atoms with van der Waals surface area (Å²) in [4.78, 5) is 12.8. The number of carbonyl (C=O) groups excluding carboxylic acids is 1. The van der Waals surface area contributed by atoms with Gasteiger partial charge in [-0.1, -0.05) is 18.2 Å². The number of methoxy groups -OCH3 is 3. The summed E-state index contributed by atoms with van der Waals surface area (Å²) >= 11 is 0. The molecule has 7 heteroatoms. The van der Waals surface area contributed by atoms with Crippen LogP contribution in [-0.2, 0) is 4.79 Å².